The number of hydrogen-bond acceptors (Lipinski definition) is 3. The number of hydrogen-bond donors (Lipinski definition) is 2. The molecule has 0 aliphatic rings. The quantitative estimate of drug-likeness (QED) is 0.763. The first-order valence-electron chi connectivity index (χ1n) is 5.13. The zero-order valence-electron chi connectivity index (χ0n) is 10.2. The molecule has 1 rings (SSSR count). The van der Waals surface area contributed by atoms with Crippen molar-refractivity contribution < 1.29 is 5.11 Å². The number of aromatic nitrogens is 2. The molecule has 1 aromatic rings. The third-order valence-corrected chi connectivity index (χ3v) is 2.48. The molecule has 0 aliphatic carbocycles. The van der Waals surface area contributed by atoms with E-state index in [1.54, 1.807) is 4.68 Å². The Bertz CT molecular complexity index is 347. The van der Waals surface area contributed by atoms with Crippen molar-refractivity contribution in [2.75, 3.05) is 6.61 Å². The molecular weight excluding hydrogens is 190 g/mol. The second-order valence-electron chi connectivity index (χ2n) is 5.39. The average Bonchev–Trinajstić information content (AvgIpc) is 2.47. The van der Waals surface area contributed by atoms with Crippen LogP contribution in [-0.4, -0.2) is 21.5 Å². The van der Waals surface area contributed by atoms with Gasteiger partial charge in [0.15, 0.2) is 0 Å². The highest BCUT2D eigenvalue weighted by Crippen LogP contribution is 2.29. The second kappa shape index (κ2) is 3.61. The van der Waals surface area contributed by atoms with E-state index < -0.39 is 5.54 Å². The second-order valence-corrected chi connectivity index (χ2v) is 5.39. The van der Waals surface area contributed by atoms with Gasteiger partial charge in [0.25, 0.3) is 0 Å². The summed E-state index contributed by atoms with van der Waals surface area (Å²) in [5.41, 5.74) is 7.12. The van der Waals surface area contributed by atoms with Crippen LogP contribution in [-0.2, 0) is 18.0 Å². The lowest BCUT2D eigenvalue weighted by molar-refractivity contribution is 0.208. The summed E-state index contributed by atoms with van der Waals surface area (Å²) in [4.78, 5) is 0. The number of rotatable bonds is 2. The fourth-order valence-electron chi connectivity index (χ4n) is 1.55. The minimum atomic E-state index is -0.725. The molecule has 86 valence electrons. The lowest BCUT2D eigenvalue weighted by Crippen LogP contribution is -2.38. The summed E-state index contributed by atoms with van der Waals surface area (Å²) < 4.78 is 1.75. The topological polar surface area (TPSA) is 64.1 Å². The summed E-state index contributed by atoms with van der Waals surface area (Å²) in [6.45, 7) is 8.01. The molecule has 1 atom stereocenters. The van der Waals surface area contributed by atoms with Crippen molar-refractivity contribution in [3.05, 3.63) is 17.5 Å². The summed E-state index contributed by atoms with van der Waals surface area (Å²) in [5, 5.41) is 13.7. The molecule has 4 nitrogen and oxygen atoms in total. The molecule has 0 saturated carbocycles. The number of aliphatic hydroxyl groups is 1. The third-order valence-electron chi connectivity index (χ3n) is 2.48. The van der Waals surface area contributed by atoms with Crippen LogP contribution in [0.4, 0.5) is 0 Å². The standard InChI is InChI=1S/C11H21N3O/c1-10(2,3)9-8(6-14(5)13-9)11(4,12)7-15/h6,15H,7,12H2,1-5H3. The Hall–Kier alpha value is -0.870. The van der Waals surface area contributed by atoms with E-state index in [2.05, 4.69) is 25.9 Å². The fraction of sp³-hybridized carbons (Fsp3) is 0.727. The van der Waals surface area contributed by atoms with Crippen molar-refractivity contribution >= 4 is 0 Å². The zero-order chi connectivity index (χ0) is 11.9. The van der Waals surface area contributed by atoms with E-state index in [1.807, 2.05) is 20.2 Å². The Morgan fingerprint density at radius 3 is 2.33 bits per heavy atom. The smallest absolute Gasteiger partial charge is 0.0729 e. The predicted molar refractivity (Wildman–Crippen MR) is 60.5 cm³/mol. The molecule has 0 radical (unpaired) electrons. The lowest BCUT2D eigenvalue weighted by Gasteiger charge is -2.26. The third kappa shape index (κ3) is 2.38. The molecular formula is C11H21N3O. The molecule has 3 N–H and O–H groups in total. The van der Waals surface area contributed by atoms with E-state index >= 15 is 0 Å². The van der Waals surface area contributed by atoms with Gasteiger partial charge in [-0.15, -0.1) is 0 Å². The molecule has 4 heteroatoms. The van der Waals surface area contributed by atoms with Gasteiger partial charge >= 0.3 is 0 Å². The zero-order valence-corrected chi connectivity index (χ0v) is 10.2. The highest BCUT2D eigenvalue weighted by Gasteiger charge is 2.31. The molecule has 1 unspecified atom stereocenters. The highest BCUT2D eigenvalue weighted by atomic mass is 16.3. The maximum absolute atomic E-state index is 9.28. The van der Waals surface area contributed by atoms with Gasteiger partial charge in [0, 0.05) is 24.2 Å². The van der Waals surface area contributed by atoms with Crippen LogP contribution in [0, 0.1) is 0 Å². The van der Waals surface area contributed by atoms with E-state index in [1.165, 1.54) is 0 Å². The summed E-state index contributed by atoms with van der Waals surface area (Å²) in [6, 6.07) is 0. The van der Waals surface area contributed by atoms with Crippen LogP contribution in [0.3, 0.4) is 0 Å². The van der Waals surface area contributed by atoms with Gasteiger partial charge in [-0.3, -0.25) is 4.68 Å². The largest absolute Gasteiger partial charge is 0.394 e. The van der Waals surface area contributed by atoms with E-state index in [-0.39, 0.29) is 12.0 Å². The molecule has 0 spiro atoms. The van der Waals surface area contributed by atoms with E-state index in [0.717, 1.165) is 11.3 Å². The van der Waals surface area contributed by atoms with Crippen LogP contribution >= 0.6 is 0 Å². The SMILES string of the molecule is Cn1cc(C(C)(N)CO)c(C(C)(C)C)n1. The van der Waals surface area contributed by atoms with Crippen molar-refractivity contribution in [1.82, 2.24) is 9.78 Å². The number of nitrogens with two attached hydrogens (primary N) is 1. The normalized spacial score (nSPS) is 16.5. The van der Waals surface area contributed by atoms with Crippen LogP contribution < -0.4 is 5.73 Å². The molecule has 0 saturated heterocycles. The summed E-state index contributed by atoms with van der Waals surface area (Å²) >= 11 is 0. The summed E-state index contributed by atoms with van der Waals surface area (Å²) in [7, 11) is 1.87. The van der Waals surface area contributed by atoms with Gasteiger partial charge in [-0.1, -0.05) is 20.8 Å². The van der Waals surface area contributed by atoms with Gasteiger partial charge in [0.05, 0.1) is 17.8 Å². The molecule has 1 heterocycles. The number of aryl methyl sites for hydroxylation is 1. The van der Waals surface area contributed by atoms with Crippen LogP contribution in [0.25, 0.3) is 0 Å². The Morgan fingerprint density at radius 2 is 1.93 bits per heavy atom. The molecule has 15 heavy (non-hydrogen) atoms. The number of aliphatic hydroxyl groups excluding tert-OH is 1. The van der Waals surface area contributed by atoms with Crippen molar-refractivity contribution in [3.8, 4) is 0 Å². The van der Waals surface area contributed by atoms with Gasteiger partial charge in [-0.25, -0.2) is 0 Å². The summed E-state index contributed by atoms with van der Waals surface area (Å²) in [5.74, 6) is 0. The van der Waals surface area contributed by atoms with Crippen LogP contribution in [0.5, 0.6) is 0 Å². The van der Waals surface area contributed by atoms with Crippen molar-refractivity contribution in [1.29, 1.82) is 0 Å². The minimum absolute atomic E-state index is 0.0631. The lowest BCUT2D eigenvalue weighted by atomic mass is 9.83. The Kier molecular flexibility index (Phi) is 2.94. The van der Waals surface area contributed by atoms with E-state index in [0.29, 0.717) is 0 Å². The van der Waals surface area contributed by atoms with Crippen LogP contribution in [0.15, 0.2) is 6.20 Å². The maximum atomic E-state index is 9.28. The van der Waals surface area contributed by atoms with Gasteiger partial charge in [0.2, 0.25) is 0 Å². The monoisotopic (exact) mass is 211 g/mol. The Balaban J connectivity index is 3.30. The average molecular weight is 211 g/mol. The van der Waals surface area contributed by atoms with Crippen molar-refractivity contribution in [3.63, 3.8) is 0 Å². The molecule has 0 fully saturated rings. The van der Waals surface area contributed by atoms with Crippen LogP contribution in [0.1, 0.15) is 39.0 Å². The van der Waals surface area contributed by atoms with E-state index in [9.17, 15) is 5.11 Å². The Labute approximate surface area is 91.1 Å². The first kappa shape index (κ1) is 12.2. The van der Waals surface area contributed by atoms with E-state index in [4.69, 9.17) is 5.73 Å². The molecule has 0 aliphatic heterocycles. The highest BCUT2D eigenvalue weighted by molar-refractivity contribution is 5.30. The maximum Gasteiger partial charge on any atom is 0.0729 e. The molecule has 0 bridgehead atoms. The van der Waals surface area contributed by atoms with Gasteiger partial charge in [-0.05, 0) is 6.92 Å². The predicted octanol–water partition coefficient (Wildman–Crippen LogP) is 0.884. The molecule has 0 aromatic carbocycles. The first-order valence-corrected chi connectivity index (χ1v) is 5.13. The van der Waals surface area contributed by atoms with Gasteiger partial charge < -0.3 is 10.8 Å². The molecule has 1 aromatic heterocycles. The van der Waals surface area contributed by atoms with Crippen LogP contribution in [0.2, 0.25) is 0 Å². The Morgan fingerprint density at radius 1 is 1.40 bits per heavy atom. The first-order chi connectivity index (χ1) is 6.68. The number of nitrogens with zero attached hydrogens (tertiary/aromatic N) is 2. The van der Waals surface area contributed by atoms with Gasteiger partial charge in [-0.2, -0.15) is 5.10 Å². The minimum Gasteiger partial charge on any atom is -0.394 e. The van der Waals surface area contributed by atoms with Gasteiger partial charge in [0.1, 0.15) is 0 Å². The van der Waals surface area contributed by atoms with Crippen molar-refractivity contribution in [2.24, 2.45) is 12.8 Å². The fourth-order valence-corrected chi connectivity index (χ4v) is 1.55. The summed E-state index contributed by atoms with van der Waals surface area (Å²) in [6.07, 6.45) is 1.89. The van der Waals surface area contributed by atoms with Crippen molar-refractivity contribution in [2.45, 2.75) is 38.6 Å². The molecule has 0 amide bonds.